The molecule has 3 rings (SSSR count). The molecule has 0 saturated carbocycles. The second-order valence-corrected chi connectivity index (χ2v) is 8.49. The number of benzene rings is 2. The number of para-hydroxylation sites is 1. The Labute approximate surface area is 175 Å². The van der Waals surface area contributed by atoms with Crippen LogP contribution in [0.1, 0.15) is 23.5 Å². The molecule has 2 amide bonds. The van der Waals surface area contributed by atoms with Crippen LogP contribution in [0.15, 0.2) is 48.5 Å². The summed E-state index contributed by atoms with van der Waals surface area (Å²) in [6, 6.07) is 15.5. The highest BCUT2D eigenvalue weighted by molar-refractivity contribution is 7.18. The first-order chi connectivity index (χ1) is 13.8. The largest absolute Gasteiger partial charge is 0.332 e. The fourth-order valence-corrected chi connectivity index (χ4v) is 4.07. The molecule has 29 heavy (non-hydrogen) atoms. The van der Waals surface area contributed by atoms with E-state index in [1.54, 1.807) is 23.3 Å². The summed E-state index contributed by atoms with van der Waals surface area (Å²) in [5, 5.41) is 3.79. The molecule has 2 atom stereocenters. The molecule has 0 radical (unpaired) electrons. The third kappa shape index (κ3) is 5.40. The van der Waals surface area contributed by atoms with E-state index in [-0.39, 0.29) is 30.9 Å². The summed E-state index contributed by atoms with van der Waals surface area (Å²) in [5.41, 5.74) is 2.86. The number of amides is 2. The standard InChI is InChI=1S/C22H26N4O2S/c1-15-9-11-17(12-10-15)23-20(27)13-25(3)14-21(28)26(4)16(2)22-24-18-7-5-6-8-19(18)29-22/h5-12,16H,13-14H2,1-4H3,(H,23,27)/p+1/t16-/m1/s1. The number of aromatic nitrogens is 1. The second-order valence-electron chi connectivity index (χ2n) is 7.43. The quantitative estimate of drug-likeness (QED) is 0.627. The number of carbonyl (C=O) groups is 2. The van der Waals surface area contributed by atoms with Crippen molar-refractivity contribution in [2.75, 3.05) is 32.5 Å². The van der Waals surface area contributed by atoms with Crippen molar-refractivity contribution < 1.29 is 14.5 Å². The summed E-state index contributed by atoms with van der Waals surface area (Å²) < 4.78 is 1.12. The number of thiazole rings is 1. The van der Waals surface area contributed by atoms with Crippen LogP contribution in [-0.2, 0) is 9.59 Å². The molecule has 152 valence electrons. The first kappa shape index (κ1) is 21.0. The summed E-state index contributed by atoms with van der Waals surface area (Å²) in [5.74, 6) is -0.126. The van der Waals surface area contributed by atoms with Crippen molar-refractivity contribution in [3.05, 3.63) is 59.1 Å². The monoisotopic (exact) mass is 411 g/mol. The van der Waals surface area contributed by atoms with Crippen LogP contribution < -0.4 is 10.2 Å². The smallest absolute Gasteiger partial charge is 0.279 e. The van der Waals surface area contributed by atoms with E-state index in [1.165, 1.54) is 0 Å². The van der Waals surface area contributed by atoms with Crippen LogP contribution in [0.2, 0.25) is 0 Å². The average Bonchev–Trinajstić information content (AvgIpc) is 3.12. The van der Waals surface area contributed by atoms with Gasteiger partial charge in [0.05, 0.1) is 23.3 Å². The van der Waals surface area contributed by atoms with Gasteiger partial charge in [-0.25, -0.2) is 4.98 Å². The van der Waals surface area contributed by atoms with Crippen LogP contribution in [0.3, 0.4) is 0 Å². The second kappa shape index (κ2) is 9.15. The number of hydrogen-bond donors (Lipinski definition) is 2. The average molecular weight is 412 g/mol. The zero-order chi connectivity index (χ0) is 21.0. The molecule has 0 saturated heterocycles. The van der Waals surface area contributed by atoms with Gasteiger partial charge >= 0.3 is 0 Å². The molecule has 0 bridgehead atoms. The van der Waals surface area contributed by atoms with Crippen LogP contribution in [0.25, 0.3) is 10.2 Å². The number of hydrogen-bond acceptors (Lipinski definition) is 4. The van der Waals surface area contributed by atoms with Gasteiger partial charge in [0, 0.05) is 12.7 Å². The number of rotatable bonds is 7. The Bertz CT molecular complexity index is 966. The summed E-state index contributed by atoms with van der Waals surface area (Å²) >= 11 is 1.61. The summed E-state index contributed by atoms with van der Waals surface area (Å²) in [4.78, 5) is 32.2. The maximum Gasteiger partial charge on any atom is 0.279 e. The number of nitrogens with zero attached hydrogens (tertiary/aromatic N) is 2. The van der Waals surface area contributed by atoms with Gasteiger partial charge in [-0.05, 0) is 38.1 Å². The molecule has 0 fully saturated rings. The van der Waals surface area contributed by atoms with Crippen molar-refractivity contribution in [3.8, 4) is 0 Å². The minimum atomic E-state index is -0.117. The Morgan fingerprint density at radius 3 is 2.52 bits per heavy atom. The predicted octanol–water partition coefficient (Wildman–Crippen LogP) is 2.28. The molecule has 3 aromatic rings. The Kier molecular flexibility index (Phi) is 6.61. The van der Waals surface area contributed by atoms with Gasteiger partial charge in [0.15, 0.2) is 13.1 Å². The molecule has 6 nitrogen and oxygen atoms in total. The van der Waals surface area contributed by atoms with Crippen molar-refractivity contribution in [3.63, 3.8) is 0 Å². The third-order valence-electron chi connectivity index (χ3n) is 4.89. The summed E-state index contributed by atoms with van der Waals surface area (Å²) in [7, 11) is 3.64. The lowest BCUT2D eigenvalue weighted by Gasteiger charge is -2.24. The maximum atomic E-state index is 12.7. The highest BCUT2D eigenvalue weighted by atomic mass is 32.1. The highest BCUT2D eigenvalue weighted by Gasteiger charge is 2.24. The number of likely N-dealkylation sites (N-methyl/N-ethyl adjacent to an activating group) is 2. The number of fused-ring (bicyclic) bond motifs is 1. The Morgan fingerprint density at radius 2 is 1.83 bits per heavy atom. The van der Waals surface area contributed by atoms with Crippen LogP contribution in [0, 0.1) is 6.92 Å². The lowest BCUT2D eigenvalue weighted by Crippen LogP contribution is -3.11. The van der Waals surface area contributed by atoms with E-state index >= 15 is 0 Å². The van der Waals surface area contributed by atoms with Crippen LogP contribution >= 0.6 is 11.3 Å². The van der Waals surface area contributed by atoms with Crippen molar-refractivity contribution in [2.45, 2.75) is 19.9 Å². The molecule has 7 heteroatoms. The van der Waals surface area contributed by atoms with E-state index in [0.717, 1.165) is 31.4 Å². The number of quaternary nitrogens is 1. The normalized spacial score (nSPS) is 13.1. The van der Waals surface area contributed by atoms with E-state index in [2.05, 4.69) is 10.3 Å². The van der Waals surface area contributed by atoms with Crippen molar-refractivity contribution in [2.24, 2.45) is 0 Å². The Hall–Kier alpha value is -2.77. The van der Waals surface area contributed by atoms with Gasteiger partial charge in [-0.2, -0.15) is 0 Å². The van der Waals surface area contributed by atoms with Crippen molar-refractivity contribution in [1.29, 1.82) is 0 Å². The first-order valence-electron chi connectivity index (χ1n) is 9.62. The fraction of sp³-hybridized carbons (Fsp3) is 0.318. The molecule has 0 aliphatic carbocycles. The van der Waals surface area contributed by atoms with Gasteiger partial charge in [-0.15, -0.1) is 11.3 Å². The Balaban J connectivity index is 1.53. The van der Waals surface area contributed by atoms with Crippen LogP contribution in [0.5, 0.6) is 0 Å². The zero-order valence-electron chi connectivity index (χ0n) is 17.2. The van der Waals surface area contributed by atoms with Crippen LogP contribution in [-0.4, -0.2) is 48.9 Å². The molecule has 1 heterocycles. The minimum Gasteiger partial charge on any atom is -0.332 e. The molecule has 0 spiro atoms. The van der Waals surface area contributed by atoms with Crippen LogP contribution in [0.4, 0.5) is 5.69 Å². The zero-order valence-corrected chi connectivity index (χ0v) is 18.0. The molecule has 2 N–H and O–H groups in total. The number of anilines is 1. The number of carbonyl (C=O) groups excluding carboxylic acids is 2. The van der Waals surface area contributed by atoms with Crippen molar-refractivity contribution >= 4 is 39.1 Å². The van der Waals surface area contributed by atoms with Gasteiger partial charge in [-0.1, -0.05) is 29.8 Å². The molecule has 0 aliphatic rings. The molecular formula is C22H27N4O2S+. The summed E-state index contributed by atoms with van der Waals surface area (Å²) in [6.45, 7) is 4.45. The molecule has 1 aromatic heterocycles. The lowest BCUT2D eigenvalue weighted by atomic mass is 10.2. The van der Waals surface area contributed by atoms with Gasteiger partial charge < -0.3 is 15.1 Å². The van der Waals surface area contributed by atoms with Crippen molar-refractivity contribution in [1.82, 2.24) is 9.88 Å². The van der Waals surface area contributed by atoms with E-state index < -0.39 is 0 Å². The van der Waals surface area contributed by atoms with E-state index in [9.17, 15) is 9.59 Å². The molecular weight excluding hydrogens is 384 g/mol. The van der Waals surface area contributed by atoms with Gasteiger partial charge in [0.1, 0.15) is 5.01 Å². The lowest BCUT2D eigenvalue weighted by molar-refractivity contribution is -0.862. The molecule has 1 unspecified atom stereocenters. The first-order valence-corrected chi connectivity index (χ1v) is 10.4. The van der Waals surface area contributed by atoms with Gasteiger partial charge in [-0.3, -0.25) is 9.59 Å². The minimum absolute atomic E-state index is 0.0163. The SMILES string of the molecule is Cc1ccc(NC(=O)C[NH+](C)CC(=O)N(C)[C@H](C)c2nc3ccccc3s2)cc1. The number of nitrogens with one attached hydrogen (secondary N) is 2. The van der Waals surface area contributed by atoms with Gasteiger partial charge in [0.25, 0.3) is 11.8 Å². The summed E-state index contributed by atoms with van der Waals surface area (Å²) in [6.07, 6.45) is 0. The molecule has 2 aromatic carbocycles. The van der Waals surface area contributed by atoms with Gasteiger partial charge in [0.2, 0.25) is 0 Å². The molecule has 0 aliphatic heterocycles. The number of aryl methyl sites for hydroxylation is 1. The van der Waals surface area contributed by atoms with E-state index in [1.807, 2.05) is 69.4 Å². The van der Waals surface area contributed by atoms with E-state index in [4.69, 9.17) is 0 Å². The highest BCUT2D eigenvalue weighted by Crippen LogP contribution is 2.28. The predicted molar refractivity (Wildman–Crippen MR) is 117 cm³/mol. The third-order valence-corrected chi connectivity index (χ3v) is 6.10. The fourth-order valence-electron chi connectivity index (χ4n) is 3.01. The maximum absolute atomic E-state index is 12.7. The topological polar surface area (TPSA) is 66.7 Å². The van der Waals surface area contributed by atoms with E-state index in [0.29, 0.717) is 0 Å². The Morgan fingerprint density at radius 1 is 1.14 bits per heavy atom.